The first-order valence-electron chi connectivity index (χ1n) is 11.3. The number of nitrogens with one attached hydrogen (secondary N) is 2. The molecule has 4 aromatic rings. The molecule has 1 aliphatic rings. The van der Waals surface area contributed by atoms with E-state index in [2.05, 4.69) is 10.3 Å². The summed E-state index contributed by atoms with van der Waals surface area (Å²) in [5.74, 6) is -0.456. The predicted octanol–water partition coefficient (Wildman–Crippen LogP) is 5.39. The second kappa shape index (κ2) is 9.90. The molecule has 0 bridgehead atoms. The molecule has 1 aromatic heterocycles. The molecule has 1 aliphatic heterocycles. The molecule has 176 valence electrons. The van der Waals surface area contributed by atoms with Gasteiger partial charge in [0.1, 0.15) is 6.04 Å². The van der Waals surface area contributed by atoms with Gasteiger partial charge in [0.15, 0.2) is 5.11 Å². The molecule has 2 heterocycles. The van der Waals surface area contributed by atoms with Crippen LogP contribution in [0.3, 0.4) is 0 Å². The van der Waals surface area contributed by atoms with E-state index in [1.807, 2.05) is 90.0 Å². The molecule has 2 N–H and O–H groups in total. The standard InChI is InChI=1S/C27H23ClN4O2S/c28-20-6-4-5-18(15-20)12-14-31-24(26(34)32(27(31)35)22-7-2-1-3-8-22)17-25(33)30-21-10-9-19-11-13-29-23(19)16-21/h1-11,13,15-16,24,29H,12,14,17H2,(H,30,33). The average molecular weight is 503 g/mol. The maximum atomic E-state index is 13.5. The van der Waals surface area contributed by atoms with Crippen LogP contribution in [0.25, 0.3) is 10.9 Å². The Morgan fingerprint density at radius 3 is 2.66 bits per heavy atom. The van der Waals surface area contributed by atoms with Crippen LogP contribution in [0.4, 0.5) is 11.4 Å². The van der Waals surface area contributed by atoms with Gasteiger partial charge in [-0.15, -0.1) is 0 Å². The zero-order chi connectivity index (χ0) is 24.4. The van der Waals surface area contributed by atoms with E-state index in [1.165, 1.54) is 4.90 Å². The minimum absolute atomic E-state index is 0.0133. The van der Waals surface area contributed by atoms with Crippen molar-refractivity contribution in [3.05, 3.63) is 95.6 Å². The minimum atomic E-state index is -0.698. The van der Waals surface area contributed by atoms with Crippen LogP contribution in [0.5, 0.6) is 0 Å². The van der Waals surface area contributed by atoms with Crippen molar-refractivity contribution in [1.29, 1.82) is 0 Å². The summed E-state index contributed by atoms with van der Waals surface area (Å²) in [6, 6.07) is 23.8. The van der Waals surface area contributed by atoms with E-state index in [0.29, 0.717) is 34.5 Å². The van der Waals surface area contributed by atoms with Gasteiger partial charge in [0.2, 0.25) is 5.91 Å². The molecule has 5 rings (SSSR count). The lowest BCUT2D eigenvalue weighted by Gasteiger charge is -2.24. The first kappa shape index (κ1) is 23.1. The average Bonchev–Trinajstić information content (AvgIpc) is 3.40. The monoisotopic (exact) mass is 502 g/mol. The molecular weight excluding hydrogens is 480 g/mol. The molecule has 1 saturated heterocycles. The molecule has 2 amide bonds. The van der Waals surface area contributed by atoms with Crippen LogP contribution in [0.1, 0.15) is 12.0 Å². The number of hydrogen-bond acceptors (Lipinski definition) is 3. The van der Waals surface area contributed by atoms with Crippen molar-refractivity contribution in [3.8, 4) is 0 Å². The van der Waals surface area contributed by atoms with Crippen molar-refractivity contribution in [2.75, 3.05) is 16.8 Å². The fourth-order valence-corrected chi connectivity index (χ4v) is 4.98. The highest BCUT2D eigenvalue weighted by Gasteiger charge is 2.43. The molecule has 35 heavy (non-hydrogen) atoms. The van der Waals surface area contributed by atoms with Crippen molar-refractivity contribution in [1.82, 2.24) is 9.88 Å². The number of halogens is 1. The molecule has 1 fully saturated rings. The van der Waals surface area contributed by atoms with Crippen LogP contribution < -0.4 is 10.2 Å². The number of amides is 2. The third-order valence-corrected chi connectivity index (χ3v) is 6.73. The van der Waals surface area contributed by atoms with Crippen molar-refractivity contribution in [2.45, 2.75) is 18.9 Å². The van der Waals surface area contributed by atoms with Gasteiger partial charge >= 0.3 is 0 Å². The Kier molecular flexibility index (Phi) is 6.53. The lowest BCUT2D eigenvalue weighted by Crippen LogP contribution is -2.39. The molecule has 0 spiro atoms. The number of fused-ring (bicyclic) bond motifs is 1. The normalized spacial score (nSPS) is 15.7. The number of hydrogen-bond donors (Lipinski definition) is 2. The molecule has 0 radical (unpaired) electrons. The van der Waals surface area contributed by atoms with E-state index in [-0.39, 0.29) is 18.2 Å². The molecule has 8 heteroatoms. The van der Waals surface area contributed by atoms with E-state index in [4.69, 9.17) is 23.8 Å². The van der Waals surface area contributed by atoms with Crippen molar-refractivity contribution < 1.29 is 9.59 Å². The summed E-state index contributed by atoms with van der Waals surface area (Å²) < 4.78 is 0. The van der Waals surface area contributed by atoms with Gasteiger partial charge in [0.25, 0.3) is 5.91 Å². The number of carbonyl (C=O) groups excluding carboxylic acids is 2. The summed E-state index contributed by atoms with van der Waals surface area (Å²) in [6.07, 6.45) is 2.48. The quantitative estimate of drug-likeness (QED) is 0.332. The van der Waals surface area contributed by atoms with Gasteiger partial charge in [-0.25, -0.2) is 0 Å². The highest BCUT2D eigenvalue weighted by molar-refractivity contribution is 7.80. The van der Waals surface area contributed by atoms with Crippen LogP contribution in [0.15, 0.2) is 85.1 Å². The van der Waals surface area contributed by atoms with Crippen LogP contribution in [0, 0.1) is 0 Å². The predicted molar refractivity (Wildman–Crippen MR) is 144 cm³/mol. The first-order valence-corrected chi connectivity index (χ1v) is 12.1. The van der Waals surface area contributed by atoms with Crippen LogP contribution in [-0.2, 0) is 16.0 Å². The van der Waals surface area contributed by atoms with E-state index < -0.39 is 6.04 Å². The number of nitrogens with zero attached hydrogens (tertiary/aromatic N) is 2. The van der Waals surface area contributed by atoms with Gasteiger partial charge in [0, 0.05) is 29.0 Å². The summed E-state index contributed by atoms with van der Waals surface area (Å²) in [6.45, 7) is 0.487. The van der Waals surface area contributed by atoms with Gasteiger partial charge in [-0.1, -0.05) is 48.0 Å². The fourth-order valence-electron chi connectivity index (χ4n) is 4.36. The molecule has 6 nitrogen and oxygen atoms in total. The number of benzene rings is 3. The third kappa shape index (κ3) is 4.92. The third-order valence-electron chi connectivity index (χ3n) is 6.08. The van der Waals surface area contributed by atoms with Crippen LogP contribution in [0.2, 0.25) is 5.02 Å². The molecular formula is C27H23ClN4O2S. The topological polar surface area (TPSA) is 68.4 Å². The lowest BCUT2D eigenvalue weighted by atomic mass is 10.1. The number of aromatic nitrogens is 1. The Morgan fingerprint density at radius 1 is 1.03 bits per heavy atom. The molecule has 0 aliphatic carbocycles. The van der Waals surface area contributed by atoms with Crippen LogP contribution in [-0.4, -0.2) is 39.4 Å². The van der Waals surface area contributed by atoms with E-state index >= 15 is 0 Å². The van der Waals surface area contributed by atoms with Crippen LogP contribution >= 0.6 is 23.8 Å². The van der Waals surface area contributed by atoms with Crippen molar-refractivity contribution >= 4 is 63.0 Å². The fraction of sp³-hybridized carbons (Fsp3) is 0.148. The Balaban J connectivity index is 1.36. The second-order valence-corrected chi connectivity index (χ2v) is 9.21. The summed E-state index contributed by atoms with van der Waals surface area (Å²) >= 11 is 11.9. The Morgan fingerprint density at radius 2 is 1.86 bits per heavy atom. The van der Waals surface area contributed by atoms with E-state index in [9.17, 15) is 9.59 Å². The number of H-pyrrole nitrogens is 1. The first-order chi connectivity index (χ1) is 17.0. The van der Waals surface area contributed by atoms with Gasteiger partial charge in [-0.3, -0.25) is 14.5 Å². The Labute approximate surface area is 213 Å². The number of anilines is 2. The number of carbonyl (C=O) groups is 2. The SMILES string of the molecule is O=C(CC1C(=O)N(c2ccccc2)C(=S)N1CCc1cccc(Cl)c1)Nc1ccc2cc[nH]c2c1. The summed E-state index contributed by atoms with van der Waals surface area (Å²) in [5, 5.41) is 5.04. The molecule has 3 aromatic carbocycles. The highest BCUT2D eigenvalue weighted by atomic mass is 35.5. The maximum Gasteiger partial charge on any atom is 0.256 e. The van der Waals surface area contributed by atoms with Gasteiger partial charge < -0.3 is 15.2 Å². The number of aromatic amines is 1. The second-order valence-electron chi connectivity index (χ2n) is 8.41. The van der Waals surface area contributed by atoms with Gasteiger partial charge in [0.05, 0.1) is 12.1 Å². The Bertz CT molecular complexity index is 1400. The number of rotatable bonds is 7. The number of para-hydroxylation sites is 1. The smallest absolute Gasteiger partial charge is 0.256 e. The summed E-state index contributed by atoms with van der Waals surface area (Å²) in [4.78, 5) is 33.0. The van der Waals surface area contributed by atoms with E-state index in [0.717, 1.165) is 16.5 Å². The largest absolute Gasteiger partial charge is 0.361 e. The lowest BCUT2D eigenvalue weighted by molar-refractivity contribution is -0.124. The highest BCUT2D eigenvalue weighted by Crippen LogP contribution is 2.28. The summed E-state index contributed by atoms with van der Waals surface area (Å²) in [7, 11) is 0. The zero-order valence-electron chi connectivity index (χ0n) is 18.8. The van der Waals surface area contributed by atoms with E-state index in [1.54, 1.807) is 0 Å². The minimum Gasteiger partial charge on any atom is -0.361 e. The van der Waals surface area contributed by atoms with Gasteiger partial charge in [-0.2, -0.15) is 0 Å². The van der Waals surface area contributed by atoms with Gasteiger partial charge in [-0.05, 0) is 72.1 Å². The van der Waals surface area contributed by atoms with Crippen molar-refractivity contribution in [3.63, 3.8) is 0 Å². The number of thiocarbonyl (C=S) groups is 1. The molecule has 1 unspecified atom stereocenters. The Hall–Kier alpha value is -3.68. The van der Waals surface area contributed by atoms with Crippen molar-refractivity contribution in [2.24, 2.45) is 0 Å². The molecule has 0 saturated carbocycles. The maximum absolute atomic E-state index is 13.5. The summed E-state index contributed by atoms with van der Waals surface area (Å²) in [5.41, 5.74) is 3.33. The molecule has 1 atom stereocenters. The zero-order valence-corrected chi connectivity index (χ0v) is 20.4.